The predicted octanol–water partition coefficient (Wildman–Crippen LogP) is 0.696. The number of likely N-dealkylation sites (N-methyl/N-ethyl adjacent to an activating group) is 1. The highest BCUT2D eigenvalue weighted by Gasteiger charge is 2.20. The van der Waals surface area contributed by atoms with Crippen LogP contribution in [0.4, 0.5) is 0 Å². The van der Waals surface area contributed by atoms with Gasteiger partial charge in [0.2, 0.25) is 0 Å². The standard InChI is InChI=1S/C15H32N4/c1-14(2)19-7-4-15(5-8-19)16-6-9-18-12-10-17(3)11-13-18/h14-16H,4-13H2,1-3H3. The average Bonchev–Trinajstić information content (AvgIpc) is 2.41. The molecule has 0 saturated carbocycles. The van der Waals surface area contributed by atoms with Gasteiger partial charge in [-0.05, 0) is 46.8 Å². The number of nitrogens with one attached hydrogen (secondary N) is 1. The molecule has 1 N–H and O–H groups in total. The van der Waals surface area contributed by atoms with Crippen molar-refractivity contribution in [2.24, 2.45) is 0 Å². The highest BCUT2D eigenvalue weighted by Crippen LogP contribution is 2.12. The van der Waals surface area contributed by atoms with Gasteiger partial charge in [-0.2, -0.15) is 0 Å². The molecule has 2 saturated heterocycles. The predicted molar refractivity (Wildman–Crippen MR) is 81.7 cm³/mol. The van der Waals surface area contributed by atoms with Crippen LogP contribution in [-0.2, 0) is 0 Å². The Morgan fingerprint density at radius 1 is 1.00 bits per heavy atom. The van der Waals surface area contributed by atoms with Crippen LogP contribution in [0.15, 0.2) is 0 Å². The summed E-state index contributed by atoms with van der Waals surface area (Å²) < 4.78 is 0. The van der Waals surface area contributed by atoms with E-state index in [9.17, 15) is 0 Å². The van der Waals surface area contributed by atoms with E-state index in [-0.39, 0.29) is 0 Å². The van der Waals surface area contributed by atoms with E-state index in [0.717, 1.165) is 12.6 Å². The molecule has 0 amide bonds. The lowest BCUT2D eigenvalue weighted by molar-refractivity contribution is 0.142. The Morgan fingerprint density at radius 2 is 1.63 bits per heavy atom. The Bertz CT molecular complexity index is 241. The number of hydrogen-bond donors (Lipinski definition) is 1. The van der Waals surface area contributed by atoms with Crippen molar-refractivity contribution in [3.05, 3.63) is 0 Å². The molecule has 112 valence electrons. The Kier molecular flexibility index (Phi) is 6.07. The Hall–Kier alpha value is -0.160. The summed E-state index contributed by atoms with van der Waals surface area (Å²) in [5.74, 6) is 0. The third-order valence-corrected chi connectivity index (χ3v) is 4.72. The maximum Gasteiger partial charge on any atom is 0.0110 e. The average molecular weight is 268 g/mol. The summed E-state index contributed by atoms with van der Waals surface area (Å²) in [6.45, 7) is 14.5. The molecule has 4 nitrogen and oxygen atoms in total. The minimum atomic E-state index is 0.714. The van der Waals surface area contributed by atoms with Gasteiger partial charge in [0.1, 0.15) is 0 Å². The van der Waals surface area contributed by atoms with E-state index in [0.29, 0.717) is 6.04 Å². The SMILES string of the molecule is CC(C)N1CCC(NCCN2CCN(C)CC2)CC1. The van der Waals surface area contributed by atoms with Gasteiger partial charge in [0.25, 0.3) is 0 Å². The molecule has 2 aliphatic heterocycles. The molecule has 0 radical (unpaired) electrons. The fraction of sp³-hybridized carbons (Fsp3) is 1.00. The van der Waals surface area contributed by atoms with Gasteiger partial charge in [-0.15, -0.1) is 0 Å². The van der Waals surface area contributed by atoms with Crippen LogP contribution in [0, 0.1) is 0 Å². The Morgan fingerprint density at radius 3 is 2.21 bits per heavy atom. The first kappa shape index (κ1) is 15.2. The van der Waals surface area contributed by atoms with Crippen molar-refractivity contribution in [1.82, 2.24) is 20.0 Å². The number of likely N-dealkylation sites (tertiary alicyclic amines) is 1. The minimum Gasteiger partial charge on any atom is -0.313 e. The molecule has 0 aromatic heterocycles. The van der Waals surface area contributed by atoms with E-state index in [1.165, 1.54) is 58.7 Å². The van der Waals surface area contributed by atoms with E-state index in [1.807, 2.05) is 0 Å². The van der Waals surface area contributed by atoms with E-state index in [1.54, 1.807) is 0 Å². The zero-order chi connectivity index (χ0) is 13.7. The Balaban J connectivity index is 1.54. The van der Waals surface area contributed by atoms with Gasteiger partial charge in [-0.25, -0.2) is 0 Å². The molecule has 0 aliphatic carbocycles. The van der Waals surface area contributed by atoms with E-state index >= 15 is 0 Å². The van der Waals surface area contributed by atoms with Crippen LogP contribution >= 0.6 is 0 Å². The summed E-state index contributed by atoms with van der Waals surface area (Å²) in [5.41, 5.74) is 0. The lowest BCUT2D eigenvalue weighted by Crippen LogP contribution is -2.49. The van der Waals surface area contributed by atoms with Gasteiger partial charge in [0.15, 0.2) is 0 Å². The highest BCUT2D eigenvalue weighted by atomic mass is 15.2. The van der Waals surface area contributed by atoms with Crippen molar-refractivity contribution in [3.63, 3.8) is 0 Å². The molecule has 2 rings (SSSR count). The van der Waals surface area contributed by atoms with Gasteiger partial charge in [-0.1, -0.05) is 0 Å². The number of nitrogens with zero attached hydrogens (tertiary/aromatic N) is 3. The molecule has 0 unspecified atom stereocenters. The smallest absolute Gasteiger partial charge is 0.0110 e. The zero-order valence-corrected chi connectivity index (χ0v) is 13.1. The van der Waals surface area contributed by atoms with Crippen molar-refractivity contribution in [3.8, 4) is 0 Å². The monoisotopic (exact) mass is 268 g/mol. The van der Waals surface area contributed by atoms with Crippen LogP contribution in [-0.4, -0.2) is 86.2 Å². The number of piperazine rings is 1. The molecule has 19 heavy (non-hydrogen) atoms. The fourth-order valence-electron chi connectivity index (χ4n) is 3.12. The van der Waals surface area contributed by atoms with Gasteiger partial charge in [0.05, 0.1) is 0 Å². The second-order valence-corrected chi connectivity index (χ2v) is 6.50. The first-order valence-corrected chi connectivity index (χ1v) is 8.03. The van der Waals surface area contributed by atoms with Crippen LogP contribution in [0.2, 0.25) is 0 Å². The maximum atomic E-state index is 3.76. The first-order chi connectivity index (χ1) is 9.15. The minimum absolute atomic E-state index is 0.714. The van der Waals surface area contributed by atoms with E-state index < -0.39 is 0 Å². The molecule has 4 heteroatoms. The topological polar surface area (TPSA) is 21.8 Å². The van der Waals surface area contributed by atoms with Crippen molar-refractivity contribution in [2.75, 3.05) is 59.4 Å². The van der Waals surface area contributed by atoms with Crippen molar-refractivity contribution < 1.29 is 0 Å². The lowest BCUT2D eigenvalue weighted by atomic mass is 10.0. The molecule has 0 bridgehead atoms. The van der Waals surface area contributed by atoms with Crippen LogP contribution in [0.25, 0.3) is 0 Å². The van der Waals surface area contributed by atoms with Crippen LogP contribution in [0.1, 0.15) is 26.7 Å². The third-order valence-electron chi connectivity index (χ3n) is 4.72. The molecule has 2 heterocycles. The molecule has 0 aromatic rings. The largest absolute Gasteiger partial charge is 0.313 e. The van der Waals surface area contributed by atoms with Crippen LogP contribution in [0.5, 0.6) is 0 Å². The molecule has 0 aromatic carbocycles. The van der Waals surface area contributed by atoms with Crippen LogP contribution < -0.4 is 5.32 Å². The molecule has 0 spiro atoms. The van der Waals surface area contributed by atoms with Crippen molar-refractivity contribution in [1.29, 1.82) is 0 Å². The zero-order valence-electron chi connectivity index (χ0n) is 13.1. The van der Waals surface area contributed by atoms with Gasteiger partial charge < -0.3 is 15.1 Å². The van der Waals surface area contributed by atoms with Gasteiger partial charge in [0, 0.05) is 51.4 Å². The summed E-state index contributed by atoms with van der Waals surface area (Å²) in [5, 5.41) is 3.76. The normalized spacial score (nSPS) is 25.3. The Labute approximate surface area is 119 Å². The number of hydrogen-bond acceptors (Lipinski definition) is 4. The number of rotatable bonds is 5. The van der Waals surface area contributed by atoms with Gasteiger partial charge >= 0.3 is 0 Å². The summed E-state index contributed by atoms with van der Waals surface area (Å²) in [7, 11) is 2.22. The second kappa shape index (κ2) is 7.58. The summed E-state index contributed by atoms with van der Waals surface area (Å²) >= 11 is 0. The molecule has 2 aliphatic rings. The van der Waals surface area contributed by atoms with Crippen LogP contribution in [0.3, 0.4) is 0 Å². The third kappa shape index (κ3) is 5.03. The fourth-order valence-corrected chi connectivity index (χ4v) is 3.12. The second-order valence-electron chi connectivity index (χ2n) is 6.50. The van der Waals surface area contributed by atoms with E-state index in [4.69, 9.17) is 0 Å². The van der Waals surface area contributed by atoms with Crippen molar-refractivity contribution >= 4 is 0 Å². The molecular weight excluding hydrogens is 236 g/mol. The lowest BCUT2D eigenvalue weighted by Gasteiger charge is -2.36. The summed E-state index contributed by atoms with van der Waals surface area (Å²) in [4.78, 5) is 7.61. The van der Waals surface area contributed by atoms with Crippen molar-refractivity contribution in [2.45, 2.75) is 38.8 Å². The maximum absolute atomic E-state index is 3.76. The molecule has 2 fully saturated rings. The summed E-state index contributed by atoms with van der Waals surface area (Å²) in [6.07, 6.45) is 2.64. The highest BCUT2D eigenvalue weighted by molar-refractivity contribution is 4.79. The quantitative estimate of drug-likeness (QED) is 0.792. The number of piperidine rings is 1. The molecular formula is C15H32N4. The van der Waals surface area contributed by atoms with E-state index in [2.05, 4.69) is 40.9 Å². The summed E-state index contributed by atoms with van der Waals surface area (Å²) in [6, 6.07) is 1.47. The first-order valence-electron chi connectivity index (χ1n) is 8.03. The molecule has 0 atom stereocenters. The van der Waals surface area contributed by atoms with Gasteiger partial charge in [-0.3, -0.25) is 4.90 Å².